The first-order valence-corrected chi connectivity index (χ1v) is 12.0. The van der Waals surface area contributed by atoms with Crippen LogP contribution in [-0.2, 0) is 11.3 Å². The third-order valence-electron chi connectivity index (χ3n) is 5.62. The highest BCUT2D eigenvalue weighted by atomic mass is 35.5. The van der Waals surface area contributed by atoms with Gasteiger partial charge in [0.15, 0.2) is 0 Å². The molecule has 0 saturated heterocycles. The summed E-state index contributed by atoms with van der Waals surface area (Å²) < 4.78 is 34.2. The van der Waals surface area contributed by atoms with Gasteiger partial charge in [-0.05, 0) is 72.8 Å². The summed E-state index contributed by atoms with van der Waals surface area (Å²) in [5.41, 5.74) is 9.97. The van der Waals surface area contributed by atoms with Crippen molar-refractivity contribution in [3.8, 4) is 5.75 Å². The molecule has 0 radical (unpaired) electrons. The van der Waals surface area contributed by atoms with E-state index >= 15 is 0 Å². The van der Waals surface area contributed by atoms with E-state index in [0.29, 0.717) is 28.1 Å². The molecule has 2 unspecified atom stereocenters. The number of ether oxygens (including phenoxy) is 1. The first-order valence-electron chi connectivity index (χ1n) is 10.6. The molecule has 2 atom stereocenters. The Morgan fingerprint density at radius 3 is 2.49 bits per heavy atom. The molecule has 0 aliphatic carbocycles. The summed E-state index contributed by atoms with van der Waals surface area (Å²) in [6.07, 6.45) is 1.01. The van der Waals surface area contributed by atoms with E-state index in [-0.39, 0.29) is 0 Å². The van der Waals surface area contributed by atoms with Crippen LogP contribution in [0.3, 0.4) is 0 Å². The summed E-state index contributed by atoms with van der Waals surface area (Å²) in [6, 6.07) is 23.2. The number of aliphatic imine (C=N–C) groups is 1. The topological polar surface area (TPSA) is 105 Å². The Labute approximate surface area is 209 Å². The highest BCUT2D eigenvalue weighted by Crippen LogP contribution is 2.39. The summed E-state index contributed by atoms with van der Waals surface area (Å²) in [5, 5.41) is 0.463. The van der Waals surface area contributed by atoms with E-state index in [1.165, 1.54) is 4.31 Å². The van der Waals surface area contributed by atoms with E-state index in [2.05, 4.69) is 0 Å². The molecule has 178 valence electrons. The van der Waals surface area contributed by atoms with E-state index in [0.717, 1.165) is 22.6 Å². The summed E-state index contributed by atoms with van der Waals surface area (Å²) in [5.74, 6) is 1.79. The van der Waals surface area contributed by atoms with Gasteiger partial charge in [0.05, 0.1) is 30.3 Å². The van der Waals surface area contributed by atoms with E-state index in [1.54, 1.807) is 55.8 Å². The molecule has 1 aromatic heterocycles. The van der Waals surface area contributed by atoms with Crippen molar-refractivity contribution in [2.24, 2.45) is 10.7 Å². The van der Waals surface area contributed by atoms with Crippen LogP contribution in [0.4, 0.5) is 22.9 Å². The van der Waals surface area contributed by atoms with Crippen molar-refractivity contribution in [1.82, 2.24) is 0 Å². The quantitative estimate of drug-likeness (QED) is 0.320. The third kappa shape index (κ3) is 4.42. The molecule has 0 fully saturated rings. The number of rotatable bonds is 6. The predicted octanol–water partition coefficient (Wildman–Crippen LogP) is 5.77. The van der Waals surface area contributed by atoms with Crippen LogP contribution >= 0.6 is 11.6 Å². The summed E-state index contributed by atoms with van der Waals surface area (Å²) >= 11 is 3.78. The van der Waals surface area contributed by atoms with Gasteiger partial charge < -0.3 is 19.8 Å². The number of fused-ring (bicyclic) bond motifs is 1. The molecule has 8 nitrogen and oxygen atoms in total. The van der Waals surface area contributed by atoms with Crippen molar-refractivity contribution in [1.29, 1.82) is 0 Å². The number of halogens is 1. The number of nitrogens with zero attached hydrogens (tertiary/aromatic N) is 3. The molecule has 3 aromatic carbocycles. The van der Waals surface area contributed by atoms with Crippen LogP contribution < -0.4 is 19.7 Å². The maximum atomic E-state index is 12.2. The number of anilines is 3. The Balaban J connectivity index is 1.55. The van der Waals surface area contributed by atoms with Gasteiger partial charge in [-0.3, -0.25) is 4.55 Å². The molecule has 4 aromatic rings. The van der Waals surface area contributed by atoms with Crippen LogP contribution in [-0.4, -0.2) is 21.7 Å². The van der Waals surface area contributed by atoms with E-state index < -0.39 is 17.4 Å². The van der Waals surface area contributed by atoms with Crippen LogP contribution in [0, 0.1) is 0 Å². The van der Waals surface area contributed by atoms with Crippen molar-refractivity contribution < 1.29 is 17.9 Å². The van der Waals surface area contributed by atoms with Crippen molar-refractivity contribution in [2.45, 2.75) is 6.17 Å². The first-order chi connectivity index (χ1) is 17.0. The average Bonchev–Trinajstić information content (AvgIpc) is 3.34. The summed E-state index contributed by atoms with van der Waals surface area (Å²) in [6.45, 7) is 0. The maximum Gasteiger partial charge on any atom is 0.266 e. The second kappa shape index (κ2) is 9.55. The monoisotopic (exact) mass is 508 g/mol. The second-order valence-electron chi connectivity index (χ2n) is 7.68. The Bertz CT molecular complexity index is 1410. The van der Waals surface area contributed by atoms with Crippen molar-refractivity contribution >= 4 is 51.6 Å². The lowest BCUT2D eigenvalue weighted by atomic mass is 10.1. The zero-order chi connectivity index (χ0) is 24.5. The fraction of sp³-hybridized carbons (Fsp3) is 0.0800. The van der Waals surface area contributed by atoms with Crippen LogP contribution in [0.15, 0.2) is 94.5 Å². The first kappa shape index (κ1) is 23.1. The van der Waals surface area contributed by atoms with Crippen LogP contribution in [0.25, 0.3) is 0 Å². The molecule has 0 saturated carbocycles. The van der Waals surface area contributed by atoms with E-state index in [4.69, 9.17) is 31.5 Å². The van der Waals surface area contributed by atoms with Gasteiger partial charge >= 0.3 is 0 Å². The lowest BCUT2D eigenvalue weighted by Crippen LogP contribution is -2.42. The number of hydrogen-bond donors (Lipinski definition) is 2. The molecule has 0 bridgehead atoms. The number of furan rings is 1. The lowest BCUT2D eigenvalue weighted by molar-refractivity contribution is 0.415. The number of amidine groups is 1. The minimum Gasteiger partial charge on any atom is -0.497 e. The highest BCUT2D eigenvalue weighted by molar-refractivity contribution is 7.81. The number of hydrogen-bond acceptors (Lipinski definition) is 6. The Morgan fingerprint density at radius 2 is 1.83 bits per heavy atom. The Hall–Kier alpha value is -3.63. The van der Waals surface area contributed by atoms with Gasteiger partial charge in [0, 0.05) is 16.3 Å². The maximum absolute atomic E-state index is 12.2. The minimum atomic E-state index is -2.31. The van der Waals surface area contributed by atoms with Crippen molar-refractivity contribution in [3.63, 3.8) is 0 Å². The van der Waals surface area contributed by atoms with Crippen LogP contribution in [0.5, 0.6) is 5.75 Å². The molecule has 10 heteroatoms. The normalized spacial score (nSPS) is 15.8. The van der Waals surface area contributed by atoms with Gasteiger partial charge in [0.1, 0.15) is 17.8 Å². The fourth-order valence-corrected chi connectivity index (χ4v) is 4.74. The van der Waals surface area contributed by atoms with Crippen LogP contribution in [0.1, 0.15) is 17.3 Å². The molecule has 35 heavy (non-hydrogen) atoms. The summed E-state index contributed by atoms with van der Waals surface area (Å²) in [7, 11) is 1.61. The van der Waals surface area contributed by atoms with Gasteiger partial charge in [-0.2, -0.15) is 4.99 Å². The zero-order valence-corrected chi connectivity index (χ0v) is 20.1. The predicted molar refractivity (Wildman–Crippen MR) is 138 cm³/mol. The third-order valence-corrected chi connectivity index (χ3v) is 6.59. The second-order valence-corrected chi connectivity index (χ2v) is 8.94. The zero-order valence-electron chi connectivity index (χ0n) is 18.5. The highest BCUT2D eigenvalue weighted by Gasteiger charge is 2.31. The molecule has 3 N–H and O–H groups in total. The molecular weight excluding hydrogens is 488 g/mol. The van der Waals surface area contributed by atoms with Crippen LogP contribution in [0.2, 0.25) is 5.02 Å². The van der Waals surface area contributed by atoms with Gasteiger partial charge in [0.25, 0.3) is 11.3 Å². The average molecular weight is 509 g/mol. The minimum absolute atomic E-state index is 0.457. The van der Waals surface area contributed by atoms with E-state index in [9.17, 15) is 8.76 Å². The smallest absolute Gasteiger partial charge is 0.266 e. The van der Waals surface area contributed by atoms with Crippen molar-refractivity contribution in [3.05, 3.63) is 101 Å². The van der Waals surface area contributed by atoms with Gasteiger partial charge in [-0.1, -0.05) is 17.7 Å². The largest absolute Gasteiger partial charge is 0.497 e. The molecule has 2 heterocycles. The fourth-order valence-electron chi connectivity index (χ4n) is 3.96. The molecule has 0 amide bonds. The number of methoxy groups -OCH3 is 1. The Morgan fingerprint density at radius 1 is 1.09 bits per heavy atom. The lowest BCUT2D eigenvalue weighted by Gasteiger charge is -2.34. The van der Waals surface area contributed by atoms with Gasteiger partial charge in [-0.15, -0.1) is 0 Å². The number of nitrogens with two attached hydrogens (primary N) is 1. The van der Waals surface area contributed by atoms with E-state index in [1.807, 2.05) is 41.3 Å². The Kier molecular flexibility index (Phi) is 6.31. The molecule has 1 aliphatic heterocycles. The standard InChI is InChI=1S/C25H21ClN4O4S/c1-33-21-11-5-16(6-12-21)24-28-25-22(13-14-34-25)23(27)29(24)18-7-9-19(10-8-18)30(35(31)32)20-4-2-3-17(26)15-20/h2-15,23H,27H2,1H3,(H,31,32). The number of benzene rings is 3. The van der Waals surface area contributed by atoms with Crippen molar-refractivity contribution in [2.75, 3.05) is 16.3 Å². The molecular formula is C25H21ClN4O4S. The van der Waals surface area contributed by atoms with Gasteiger partial charge in [-0.25, -0.2) is 8.51 Å². The molecule has 1 aliphatic rings. The van der Waals surface area contributed by atoms with Gasteiger partial charge in [0.2, 0.25) is 5.88 Å². The summed E-state index contributed by atoms with van der Waals surface area (Å²) in [4.78, 5) is 6.62. The molecule has 5 rings (SSSR count). The molecule has 0 spiro atoms. The SMILES string of the molecule is COc1ccc(C2=Nc3occc3C(N)N2c2ccc(N(c3cccc(Cl)c3)S(=O)O)cc2)cc1.